The van der Waals surface area contributed by atoms with E-state index in [0.717, 1.165) is 24.0 Å². The third-order valence-electron chi connectivity index (χ3n) is 2.58. The van der Waals surface area contributed by atoms with Crippen molar-refractivity contribution in [2.24, 2.45) is 0 Å². The summed E-state index contributed by atoms with van der Waals surface area (Å²) >= 11 is 3.38. The molecule has 0 N–H and O–H groups in total. The SMILES string of the molecule is CC(C)N(CCCBr)C(=O)COc1ccccc1. The van der Waals surface area contributed by atoms with E-state index >= 15 is 0 Å². The van der Waals surface area contributed by atoms with Gasteiger partial charge in [-0.15, -0.1) is 0 Å². The van der Waals surface area contributed by atoms with E-state index in [1.54, 1.807) is 0 Å². The second kappa shape index (κ2) is 8.14. The number of halogens is 1. The Labute approximate surface area is 117 Å². The van der Waals surface area contributed by atoms with Gasteiger partial charge in [-0.25, -0.2) is 0 Å². The number of carbonyl (C=O) groups excluding carboxylic acids is 1. The zero-order valence-corrected chi connectivity index (χ0v) is 12.5. The predicted molar refractivity (Wildman–Crippen MR) is 77.2 cm³/mol. The molecule has 0 spiro atoms. The minimum Gasteiger partial charge on any atom is -0.484 e. The smallest absolute Gasteiger partial charge is 0.260 e. The Balaban J connectivity index is 2.46. The lowest BCUT2D eigenvalue weighted by molar-refractivity contribution is -0.135. The quantitative estimate of drug-likeness (QED) is 0.724. The number of para-hydroxylation sites is 1. The van der Waals surface area contributed by atoms with E-state index in [2.05, 4.69) is 15.9 Å². The van der Waals surface area contributed by atoms with Crippen molar-refractivity contribution < 1.29 is 9.53 Å². The summed E-state index contributed by atoms with van der Waals surface area (Å²) in [7, 11) is 0. The van der Waals surface area contributed by atoms with Gasteiger partial charge in [-0.3, -0.25) is 4.79 Å². The maximum absolute atomic E-state index is 12.0. The second-order valence-corrected chi connectivity index (χ2v) is 5.12. The molecule has 100 valence electrons. The molecule has 0 aliphatic carbocycles. The first kappa shape index (κ1) is 15.0. The van der Waals surface area contributed by atoms with Crippen LogP contribution in [-0.2, 0) is 4.79 Å². The van der Waals surface area contributed by atoms with Gasteiger partial charge in [0.15, 0.2) is 6.61 Å². The topological polar surface area (TPSA) is 29.5 Å². The van der Waals surface area contributed by atoms with Gasteiger partial charge in [0.2, 0.25) is 0 Å². The highest BCUT2D eigenvalue weighted by Crippen LogP contribution is 2.09. The summed E-state index contributed by atoms with van der Waals surface area (Å²) < 4.78 is 5.48. The lowest BCUT2D eigenvalue weighted by Crippen LogP contribution is -2.40. The predicted octanol–water partition coefficient (Wildman–Crippen LogP) is 3.09. The molecule has 1 aromatic carbocycles. The van der Waals surface area contributed by atoms with Gasteiger partial charge >= 0.3 is 0 Å². The largest absolute Gasteiger partial charge is 0.484 e. The Kier molecular flexibility index (Phi) is 6.80. The molecule has 3 nitrogen and oxygen atoms in total. The molecule has 0 aromatic heterocycles. The number of amides is 1. The van der Waals surface area contributed by atoms with E-state index in [9.17, 15) is 4.79 Å². The van der Waals surface area contributed by atoms with Crippen LogP contribution >= 0.6 is 15.9 Å². The van der Waals surface area contributed by atoms with Crippen LogP contribution in [0.4, 0.5) is 0 Å². The minimum absolute atomic E-state index is 0.0369. The van der Waals surface area contributed by atoms with Crippen LogP contribution in [0.2, 0.25) is 0 Å². The van der Waals surface area contributed by atoms with Crippen molar-refractivity contribution in [1.29, 1.82) is 0 Å². The van der Waals surface area contributed by atoms with Crippen molar-refractivity contribution in [3.63, 3.8) is 0 Å². The number of rotatable bonds is 7. The van der Waals surface area contributed by atoms with Crippen LogP contribution in [0.1, 0.15) is 20.3 Å². The Morgan fingerprint density at radius 2 is 2.00 bits per heavy atom. The number of hydrogen-bond donors (Lipinski definition) is 0. The molecule has 18 heavy (non-hydrogen) atoms. The van der Waals surface area contributed by atoms with Crippen LogP contribution in [0, 0.1) is 0 Å². The van der Waals surface area contributed by atoms with Gasteiger partial charge < -0.3 is 9.64 Å². The molecule has 0 bridgehead atoms. The average molecular weight is 314 g/mol. The number of ether oxygens (including phenoxy) is 1. The van der Waals surface area contributed by atoms with Gasteiger partial charge in [0.1, 0.15) is 5.75 Å². The van der Waals surface area contributed by atoms with E-state index in [-0.39, 0.29) is 18.6 Å². The van der Waals surface area contributed by atoms with Crippen LogP contribution in [0.3, 0.4) is 0 Å². The molecule has 1 aromatic rings. The first-order valence-electron chi connectivity index (χ1n) is 6.18. The fourth-order valence-corrected chi connectivity index (χ4v) is 1.90. The zero-order chi connectivity index (χ0) is 13.4. The summed E-state index contributed by atoms with van der Waals surface area (Å²) in [5.74, 6) is 0.768. The van der Waals surface area contributed by atoms with Crippen molar-refractivity contribution in [3.05, 3.63) is 30.3 Å². The maximum Gasteiger partial charge on any atom is 0.260 e. The van der Waals surface area contributed by atoms with Crippen LogP contribution in [0.15, 0.2) is 30.3 Å². The van der Waals surface area contributed by atoms with Gasteiger partial charge in [0, 0.05) is 17.9 Å². The Morgan fingerprint density at radius 3 is 2.56 bits per heavy atom. The fraction of sp³-hybridized carbons (Fsp3) is 0.500. The third kappa shape index (κ3) is 5.08. The molecule has 0 fully saturated rings. The molecule has 0 heterocycles. The number of benzene rings is 1. The molecule has 0 saturated heterocycles. The summed E-state index contributed by atoms with van der Waals surface area (Å²) in [5.41, 5.74) is 0. The van der Waals surface area contributed by atoms with Crippen molar-refractivity contribution in [3.8, 4) is 5.75 Å². The molecule has 0 unspecified atom stereocenters. The van der Waals surface area contributed by atoms with Crippen LogP contribution in [0.5, 0.6) is 5.75 Å². The first-order chi connectivity index (χ1) is 8.65. The minimum atomic E-state index is 0.0369. The zero-order valence-electron chi connectivity index (χ0n) is 10.9. The lowest BCUT2D eigenvalue weighted by Gasteiger charge is -2.26. The molecular weight excluding hydrogens is 294 g/mol. The van der Waals surface area contributed by atoms with E-state index in [1.165, 1.54) is 0 Å². The van der Waals surface area contributed by atoms with E-state index in [4.69, 9.17) is 4.74 Å². The molecule has 0 aliphatic rings. The standard InChI is InChI=1S/C14H20BrNO2/c1-12(2)16(10-6-9-15)14(17)11-18-13-7-4-3-5-8-13/h3-5,7-8,12H,6,9-11H2,1-2H3. The van der Waals surface area contributed by atoms with Crippen molar-refractivity contribution in [2.45, 2.75) is 26.3 Å². The molecule has 4 heteroatoms. The average Bonchev–Trinajstić information content (AvgIpc) is 2.37. The maximum atomic E-state index is 12.0. The van der Waals surface area contributed by atoms with Gasteiger partial charge in [-0.2, -0.15) is 0 Å². The Hall–Kier alpha value is -1.03. The number of nitrogens with zero attached hydrogens (tertiary/aromatic N) is 1. The lowest BCUT2D eigenvalue weighted by atomic mass is 10.3. The van der Waals surface area contributed by atoms with Gasteiger partial charge in [0.05, 0.1) is 0 Å². The normalized spacial score (nSPS) is 10.4. The summed E-state index contributed by atoms with van der Waals surface area (Å²) in [6.07, 6.45) is 0.954. The van der Waals surface area contributed by atoms with Gasteiger partial charge in [0.25, 0.3) is 5.91 Å². The summed E-state index contributed by atoms with van der Waals surface area (Å²) in [5, 5.41) is 0.906. The van der Waals surface area contributed by atoms with Gasteiger partial charge in [-0.1, -0.05) is 34.1 Å². The summed E-state index contributed by atoms with van der Waals surface area (Å²) in [6, 6.07) is 9.62. The highest BCUT2D eigenvalue weighted by Gasteiger charge is 2.16. The van der Waals surface area contributed by atoms with E-state index < -0.39 is 0 Å². The van der Waals surface area contributed by atoms with E-state index in [1.807, 2.05) is 49.1 Å². The highest BCUT2D eigenvalue weighted by atomic mass is 79.9. The molecule has 0 atom stereocenters. The molecule has 1 amide bonds. The Morgan fingerprint density at radius 1 is 1.33 bits per heavy atom. The van der Waals surface area contributed by atoms with Crippen molar-refractivity contribution >= 4 is 21.8 Å². The van der Waals surface area contributed by atoms with E-state index in [0.29, 0.717) is 0 Å². The van der Waals surface area contributed by atoms with Crippen molar-refractivity contribution in [1.82, 2.24) is 4.90 Å². The van der Waals surface area contributed by atoms with Crippen LogP contribution < -0.4 is 4.74 Å². The molecule has 0 saturated carbocycles. The number of carbonyl (C=O) groups is 1. The first-order valence-corrected chi connectivity index (χ1v) is 7.30. The second-order valence-electron chi connectivity index (χ2n) is 4.33. The number of alkyl halides is 1. The van der Waals surface area contributed by atoms with Crippen molar-refractivity contribution in [2.75, 3.05) is 18.5 Å². The molecule has 0 aliphatic heterocycles. The summed E-state index contributed by atoms with van der Waals surface area (Å²) in [4.78, 5) is 13.9. The molecule has 1 rings (SSSR count). The monoisotopic (exact) mass is 313 g/mol. The highest BCUT2D eigenvalue weighted by molar-refractivity contribution is 9.09. The number of hydrogen-bond acceptors (Lipinski definition) is 2. The third-order valence-corrected chi connectivity index (χ3v) is 3.14. The van der Waals surface area contributed by atoms with Crippen LogP contribution in [-0.4, -0.2) is 35.3 Å². The fourth-order valence-electron chi connectivity index (χ4n) is 1.65. The summed E-state index contributed by atoms with van der Waals surface area (Å²) in [6.45, 7) is 4.91. The van der Waals surface area contributed by atoms with Gasteiger partial charge in [-0.05, 0) is 32.4 Å². The molecule has 0 radical (unpaired) electrons. The molecular formula is C14H20BrNO2. The Bertz CT molecular complexity index is 354. The van der Waals surface area contributed by atoms with Crippen LogP contribution in [0.25, 0.3) is 0 Å².